The standard InChI is InChI=1S/C15H20F2OS/c1-3-15(2)12(8-13(15)18)10-4-6-11(7-5-10)19-9-14(16)17/h4-7,12-14,18H,3,8-9H2,1-2H3. The van der Waals surface area contributed by atoms with Crippen molar-refractivity contribution in [1.82, 2.24) is 0 Å². The molecule has 1 nitrogen and oxygen atoms in total. The van der Waals surface area contributed by atoms with E-state index in [-0.39, 0.29) is 17.3 Å². The zero-order valence-electron chi connectivity index (χ0n) is 11.3. The van der Waals surface area contributed by atoms with Gasteiger partial charge in [-0.3, -0.25) is 0 Å². The van der Waals surface area contributed by atoms with E-state index in [1.807, 2.05) is 24.3 Å². The summed E-state index contributed by atoms with van der Waals surface area (Å²) in [4.78, 5) is 0.877. The number of rotatable bonds is 5. The molecule has 0 bridgehead atoms. The number of aliphatic hydroxyl groups is 1. The minimum atomic E-state index is -2.27. The molecule has 3 unspecified atom stereocenters. The molecular weight excluding hydrogens is 266 g/mol. The summed E-state index contributed by atoms with van der Waals surface area (Å²) >= 11 is 1.18. The fourth-order valence-electron chi connectivity index (χ4n) is 2.79. The van der Waals surface area contributed by atoms with Crippen molar-refractivity contribution in [3.8, 4) is 0 Å². The highest BCUT2D eigenvalue weighted by molar-refractivity contribution is 7.99. The van der Waals surface area contributed by atoms with Gasteiger partial charge in [-0.1, -0.05) is 26.0 Å². The predicted molar refractivity (Wildman–Crippen MR) is 74.9 cm³/mol. The van der Waals surface area contributed by atoms with Gasteiger partial charge in [0.2, 0.25) is 6.43 Å². The van der Waals surface area contributed by atoms with Crippen LogP contribution in [0.15, 0.2) is 29.2 Å². The number of benzene rings is 1. The number of hydrogen-bond donors (Lipinski definition) is 1. The van der Waals surface area contributed by atoms with Crippen LogP contribution < -0.4 is 0 Å². The van der Waals surface area contributed by atoms with Gasteiger partial charge in [-0.05, 0) is 36.5 Å². The Morgan fingerprint density at radius 1 is 1.37 bits per heavy atom. The average Bonchev–Trinajstić information content (AvgIpc) is 2.42. The van der Waals surface area contributed by atoms with Crippen LogP contribution in [0.2, 0.25) is 0 Å². The molecule has 0 heterocycles. The van der Waals surface area contributed by atoms with Crippen molar-refractivity contribution in [2.75, 3.05) is 5.75 Å². The molecule has 0 radical (unpaired) electrons. The molecule has 1 aliphatic carbocycles. The van der Waals surface area contributed by atoms with E-state index in [1.165, 1.54) is 17.3 Å². The van der Waals surface area contributed by atoms with Crippen molar-refractivity contribution >= 4 is 11.8 Å². The van der Waals surface area contributed by atoms with Crippen LogP contribution in [0.4, 0.5) is 8.78 Å². The van der Waals surface area contributed by atoms with Crippen LogP contribution in [0, 0.1) is 5.41 Å². The molecule has 1 N–H and O–H groups in total. The van der Waals surface area contributed by atoms with Gasteiger partial charge in [-0.15, -0.1) is 11.8 Å². The van der Waals surface area contributed by atoms with Gasteiger partial charge < -0.3 is 5.11 Å². The topological polar surface area (TPSA) is 20.2 Å². The van der Waals surface area contributed by atoms with Gasteiger partial charge >= 0.3 is 0 Å². The Labute approximate surface area is 117 Å². The maximum atomic E-state index is 12.1. The summed E-state index contributed by atoms with van der Waals surface area (Å²) in [7, 11) is 0. The van der Waals surface area contributed by atoms with Crippen molar-refractivity contribution in [3.63, 3.8) is 0 Å². The second-order valence-electron chi connectivity index (χ2n) is 5.43. The molecule has 0 saturated heterocycles. The molecule has 19 heavy (non-hydrogen) atoms. The van der Waals surface area contributed by atoms with Gasteiger partial charge in [0.25, 0.3) is 0 Å². The molecule has 1 aliphatic rings. The Hall–Kier alpha value is -0.610. The molecule has 0 amide bonds. The van der Waals surface area contributed by atoms with Crippen LogP contribution in [0.5, 0.6) is 0 Å². The normalized spacial score (nSPS) is 30.4. The van der Waals surface area contributed by atoms with Gasteiger partial charge in [-0.2, -0.15) is 0 Å². The number of alkyl halides is 2. The van der Waals surface area contributed by atoms with Gasteiger partial charge in [0.15, 0.2) is 0 Å². The maximum absolute atomic E-state index is 12.1. The summed E-state index contributed by atoms with van der Waals surface area (Å²) in [5.41, 5.74) is 1.16. The highest BCUT2D eigenvalue weighted by Gasteiger charge is 2.49. The first-order valence-electron chi connectivity index (χ1n) is 6.66. The summed E-state index contributed by atoms with van der Waals surface area (Å²) in [6, 6.07) is 7.84. The first kappa shape index (κ1) is 14.8. The Morgan fingerprint density at radius 2 is 2.00 bits per heavy atom. The Bertz CT molecular complexity index is 421. The lowest BCUT2D eigenvalue weighted by atomic mass is 9.55. The first-order valence-corrected chi connectivity index (χ1v) is 7.65. The Morgan fingerprint density at radius 3 is 2.47 bits per heavy atom. The maximum Gasteiger partial charge on any atom is 0.247 e. The summed E-state index contributed by atoms with van der Waals surface area (Å²) in [6.07, 6.45) is -0.751. The number of halogens is 2. The monoisotopic (exact) mass is 286 g/mol. The van der Waals surface area contributed by atoms with Crippen LogP contribution in [0.1, 0.15) is 38.2 Å². The molecule has 1 aromatic carbocycles. The van der Waals surface area contributed by atoms with E-state index in [9.17, 15) is 13.9 Å². The summed E-state index contributed by atoms with van der Waals surface area (Å²) in [5.74, 6) is 0.218. The molecule has 2 rings (SSSR count). The Balaban J connectivity index is 2.03. The molecule has 0 aliphatic heterocycles. The van der Waals surface area contributed by atoms with E-state index in [1.54, 1.807) is 0 Å². The van der Waals surface area contributed by atoms with Gasteiger partial charge in [0.1, 0.15) is 0 Å². The van der Waals surface area contributed by atoms with E-state index in [0.717, 1.165) is 17.7 Å². The molecule has 106 valence electrons. The second kappa shape index (κ2) is 5.80. The molecule has 1 aromatic rings. The van der Waals surface area contributed by atoms with Crippen LogP contribution in [0.25, 0.3) is 0 Å². The number of thioether (sulfide) groups is 1. The molecule has 1 fully saturated rings. The number of hydrogen-bond acceptors (Lipinski definition) is 2. The summed E-state index contributed by atoms with van der Waals surface area (Å²) in [6.45, 7) is 4.22. The van der Waals surface area contributed by atoms with Gasteiger partial charge in [0, 0.05) is 10.3 Å². The predicted octanol–water partition coefficient (Wildman–Crippen LogP) is 4.31. The lowest BCUT2D eigenvalue weighted by Crippen LogP contribution is -2.49. The van der Waals surface area contributed by atoms with Gasteiger partial charge in [-0.25, -0.2) is 8.78 Å². The fourth-order valence-corrected chi connectivity index (χ4v) is 3.43. The number of aliphatic hydroxyl groups excluding tert-OH is 1. The zero-order valence-corrected chi connectivity index (χ0v) is 12.1. The van der Waals surface area contributed by atoms with Crippen LogP contribution in [-0.4, -0.2) is 23.4 Å². The molecule has 0 spiro atoms. The average molecular weight is 286 g/mol. The van der Waals surface area contributed by atoms with E-state index in [2.05, 4.69) is 13.8 Å². The van der Waals surface area contributed by atoms with Gasteiger partial charge in [0.05, 0.1) is 11.9 Å². The third-order valence-corrected chi connectivity index (χ3v) is 5.46. The third kappa shape index (κ3) is 2.95. The van der Waals surface area contributed by atoms with Crippen molar-refractivity contribution in [1.29, 1.82) is 0 Å². The largest absolute Gasteiger partial charge is 0.393 e. The minimum Gasteiger partial charge on any atom is -0.393 e. The molecule has 1 saturated carbocycles. The summed E-state index contributed by atoms with van der Waals surface area (Å²) < 4.78 is 24.3. The van der Waals surface area contributed by atoms with Crippen LogP contribution in [0.3, 0.4) is 0 Å². The quantitative estimate of drug-likeness (QED) is 0.814. The minimum absolute atomic E-state index is 0.0440. The molecular formula is C15H20F2OS. The van der Waals surface area contributed by atoms with Crippen molar-refractivity contribution < 1.29 is 13.9 Å². The zero-order chi connectivity index (χ0) is 14.0. The van der Waals surface area contributed by atoms with Crippen molar-refractivity contribution in [3.05, 3.63) is 29.8 Å². The first-order chi connectivity index (χ1) is 8.97. The molecule has 3 atom stereocenters. The fraction of sp³-hybridized carbons (Fsp3) is 0.600. The highest BCUT2D eigenvalue weighted by Crippen LogP contribution is 2.54. The van der Waals surface area contributed by atoms with Crippen LogP contribution >= 0.6 is 11.8 Å². The van der Waals surface area contributed by atoms with E-state index < -0.39 is 6.43 Å². The Kier molecular flexibility index (Phi) is 4.51. The lowest BCUT2D eigenvalue weighted by molar-refractivity contribution is -0.0777. The van der Waals surface area contributed by atoms with Crippen LogP contribution in [-0.2, 0) is 0 Å². The summed E-state index contributed by atoms with van der Waals surface area (Å²) in [5, 5.41) is 9.91. The molecule has 0 aromatic heterocycles. The SMILES string of the molecule is CCC1(C)C(O)CC1c1ccc(SCC(F)F)cc1. The highest BCUT2D eigenvalue weighted by atomic mass is 32.2. The third-order valence-electron chi connectivity index (χ3n) is 4.44. The molecule has 4 heteroatoms. The van der Waals surface area contributed by atoms with E-state index in [0.29, 0.717) is 5.92 Å². The lowest BCUT2D eigenvalue weighted by Gasteiger charge is -2.51. The van der Waals surface area contributed by atoms with Crippen molar-refractivity contribution in [2.24, 2.45) is 5.41 Å². The van der Waals surface area contributed by atoms with E-state index >= 15 is 0 Å². The van der Waals surface area contributed by atoms with E-state index in [4.69, 9.17) is 0 Å². The smallest absolute Gasteiger partial charge is 0.247 e. The van der Waals surface area contributed by atoms with Crippen molar-refractivity contribution in [2.45, 2.75) is 50.0 Å². The second-order valence-corrected chi connectivity index (χ2v) is 6.53.